The topological polar surface area (TPSA) is 44.7 Å². The molecule has 2 saturated heterocycles. The molecule has 0 aromatic heterocycles. The van der Waals surface area contributed by atoms with E-state index in [9.17, 15) is 5.11 Å². The van der Waals surface area contributed by atoms with Gasteiger partial charge in [0.05, 0.1) is 6.73 Å². The molecular formula is C16H32N2O2. The maximum Gasteiger partial charge on any atom is 0.0990 e. The van der Waals surface area contributed by atoms with Gasteiger partial charge < -0.3 is 15.2 Å². The molecule has 0 aliphatic carbocycles. The second-order valence-corrected chi connectivity index (χ2v) is 6.66. The average molecular weight is 284 g/mol. The molecule has 118 valence electrons. The number of nitrogens with zero attached hydrogens (tertiary/aromatic N) is 1. The molecule has 2 heterocycles. The van der Waals surface area contributed by atoms with Gasteiger partial charge in [-0.25, -0.2) is 0 Å². The van der Waals surface area contributed by atoms with Crippen LogP contribution in [0.25, 0.3) is 0 Å². The Morgan fingerprint density at radius 2 is 2.10 bits per heavy atom. The SMILES string of the molecule is CC(CO)C1CCCN(COCCC2CCNCC2)C1. The first-order chi connectivity index (χ1) is 9.79. The molecule has 2 aliphatic rings. The second-order valence-electron chi connectivity index (χ2n) is 6.66. The number of nitrogens with one attached hydrogen (secondary N) is 1. The Morgan fingerprint density at radius 3 is 2.85 bits per heavy atom. The van der Waals surface area contributed by atoms with Gasteiger partial charge in [-0.1, -0.05) is 6.92 Å². The lowest BCUT2D eigenvalue weighted by Crippen LogP contribution is -2.40. The lowest BCUT2D eigenvalue weighted by Gasteiger charge is -2.35. The van der Waals surface area contributed by atoms with E-state index < -0.39 is 0 Å². The van der Waals surface area contributed by atoms with Gasteiger partial charge >= 0.3 is 0 Å². The van der Waals surface area contributed by atoms with E-state index in [1.54, 1.807) is 0 Å². The molecule has 0 saturated carbocycles. The minimum absolute atomic E-state index is 0.315. The number of ether oxygens (including phenoxy) is 1. The van der Waals surface area contributed by atoms with Crippen molar-refractivity contribution < 1.29 is 9.84 Å². The van der Waals surface area contributed by atoms with Crippen molar-refractivity contribution in [3.8, 4) is 0 Å². The van der Waals surface area contributed by atoms with Gasteiger partial charge in [-0.05, 0) is 62.9 Å². The molecule has 2 fully saturated rings. The first kappa shape index (κ1) is 16.2. The molecule has 4 heteroatoms. The van der Waals surface area contributed by atoms with Crippen LogP contribution in [0.15, 0.2) is 0 Å². The van der Waals surface area contributed by atoms with Crippen LogP contribution in [0.4, 0.5) is 0 Å². The van der Waals surface area contributed by atoms with Crippen molar-refractivity contribution in [3.05, 3.63) is 0 Å². The lowest BCUT2D eigenvalue weighted by atomic mass is 9.87. The zero-order valence-corrected chi connectivity index (χ0v) is 13.0. The number of piperidine rings is 2. The van der Waals surface area contributed by atoms with Gasteiger partial charge in [0.1, 0.15) is 0 Å². The predicted octanol–water partition coefficient (Wildman–Crippen LogP) is 1.69. The third-order valence-corrected chi connectivity index (χ3v) is 5.04. The van der Waals surface area contributed by atoms with E-state index in [0.717, 1.165) is 32.3 Å². The molecular weight excluding hydrogens is 252 g/mol. The molecule has 0 aromatic carbocycles. The normalized spacial score (nSPS) is 27.6. The Bertz CT molecular complexity index is 257. The van der Waals surface area contributed by atoms with E-state index in [0.29, 0.717) is 18.4 Å². The van der Waals surface area contributed by atoms with Crippen LogP contribution in [-0.2, 0) is 4.74 Å². The van der Waals surface area contributed by atoms with Gasteiger partial charge in [-0.3, -0.25) is 4.90 Å². The molecule has 2 N–H and O–H groups in total. The Labute approximate surface area is 123 Å². The summed E-state index contributed by atoms with van der Waals surface area (Å²) >= 11 is 0. The van der Waals surface area contributed by atoms with Crippen LogP contribution in [0.5, 0.6) is 0 Å². The van der Waals surface area contributed by atoms with Gasteiger partial charge in [0.15, 0.2) is 0 Å². The van der Waals surface area contributed by atoms with Gasteiger partial charge in [-0.2, -0.15) is 0 Å². The van der Waals surface area contributed by atoms with Gasteiger partial charge in [0.25, 0.3) is 0 Å². The van der Waals surface area contributed by atoms with Crippen molar-refractivity contribution in [2.24, 2.45) is 17.8 Å². The maximum absolute atomic E-state index is 9.28. The summed E-state index contributed by atoms with van der Waals surface area (Å²) in [6.45, 7) is 8.76. The van der Waals surface area contributed by atoms with Crippen molar-refractivity contribution in [2.45, 2.75) is 39.0 Å². The molecule has 0 spiro atoms. The number of likely N-dealkylation sites (tertiary alicyclic amines) is 1. The summed E-state index contributed by atoms with van der Waals surface area (Å²) in [5, 5.41) is 12.7. The van der Waals surface area contributed by atoms with Crippen LogP contribution in [0.1, 0.15) is 39.0 Å². The predicted molar refractivity (Wildman–Crippen MR) is 81.6 cm³/mol. The van der Waals surface area contributed by atoms with Crippen molar-refractivity contribution in [1.82, 2.24) is 10.2 Å². The minimum atomic E-state index is 0.315. The number of rotatable bonds is 7. The molecule has 2 aliphatic heterocycles. The van der Waals surface area contributed by atoms with Gasteiger partial charge in [0.2, 0.25) is 0 Å². The highest BCUT2D eigenvalue weighted by Crippen LogP contribution is 2.23. The first-order valence-electron chi connectivity index (χ1n) is 8.41. The van der Waals surface area contributed by atoms with Crippen molar-refractivity contribution >= 4 is 0 Å². The Kier molecular flexibility index (Phi) is 7.28. The molecule has 0 radical (unpaired) electrons. The third kappa shape index (κ3) is 5.32. The highest BCUT2D eigenvalue weighted by Gasteiger charge is 2.24. The molecule has 4 nitrogen and oxygen atoms in total. The smallest absolute Gasteiger partial charge is 0.0990 e. The van der Waals surface area contributed by atoms with Crippen molar-refractivity contribution in [1.29, 1.82) is 0 Å². The van der Waals surface area contributed by atoms with E-state index in [2.05, 4.69) is 17.1 Å². The van der Waals surface area contributed by atoms with Crippen LogP contribution in [0.2, 0.25) is 0 Å². The zero-order valence-electron chi connectivity index (χ0n) is 13.0. The highest BCUT2D eigenvalue weighted by atomic mass is 16.5. The van der Waals surface area contributed by atoms with Gasteiger partial charge in [0, 0.05) is 26.3 Å². The largest absolute Gasteiger partial charge is 0.396 e. The Balaban J connectivity index is 1.56. The summed E-state index contributed by atoms with van der Waals surface area (Å²) in [6, 6.07) is 0. The second kappa shape index (κ2) is 8.98. The van der Waals surface area contributed by atoms with Crippen LogP contribution < -0.4 is 5.32 Å². The number of aliphatic hydroxyl groups is 1. The summed E-state index contributed by atoms with van der Waals surface area (Å²) in [5.41, 5.74) is 0. The molecule has 0 amide bonds. The highest BCUT2D eigenvalue weighted by molar-refractivity contribution is 4.75. The molecule has 2 rings (SSSR count). The average Bonchev–Trinajstić information content (AvgIpc) is 2.52. The van der Waals surface area contributed by atoms with Crippen molar-refractivity contribution in [3.63, 3.8) is 0 Å². The molecule has 2 atom stereocenters. The quantitative estimate of drug-likeness (QED) is 0.698. The van der Waals surface area contributed by atoms with Crippen LogP contribution in [0, 0.1) is 17.8 Å². The molecule has 0 aromatic rings. The Hall–Kier alpha value is -0.160. The molecule has 0 bridgehead atoms. The lowest BCUT2D eigenvalue weighted by molar-refractivity contribution is -0.00931. The van der Waals surface area contributed by atoms with Crippen LogP contribution in [0.3, 0.4) is 0 Å². The maximum atomic E-state index is 9.28. The molecule has 20 heavy (non-hydrogen) atoms. The Morgan fingerprint density at radius 1 is 1.30 bits per heavy atom. The number of hydrogen-bond acceptors (Lipinski definition) is 4. The van der Waals surface area contributed by atoms with Gasteiger partial charge in [-0.15, -0.1) is 0 Å². The fourth-order valence-corrected chi connectivity index (χ4v) is 3.44. The fraction of sp³-hybridized carbons (Fsp3) is 1.00. The van der Waals surface area contributed by atoms with E-state index in [-0.39, 0.29) is 0 Å². The van der Waals surface area contributed by atoms with E-state index >= 15 is 0 Å². The fourth-order valence-electron chi connectivity index (χ4n) is 3.44. The van der Waals surface area contributed by atoms with E-state index in [1.165, 1.54) is 45.2 Å². The summed E-state index contributed by atoms with van der Waals surface area (Å²) < 4.78 is 5.88. The van der Waals surface area contributed by atoms with Crippen molar-refractivity contribution in [2.75, 3.05) is 46.1 Å². The standard InChI is InChI=1S/C16H32N2O2/c1-14(12-19)16-3-2-9-18(11-16)13-20-10-6-15-4-7-17-8-5-15/h14-17,19H,2-13H2,1H3. The summed E-state index contributed by atoms with van der Waals surface area (Å²) in [5.74, 6) is 1.93. The minimum Gasteiger partial charge on any atom is -0.396 e. The first-order valence-corrected chi connectivity index (χ1v) is 8.41. The third-order valence-electron chi connectivity index (χ3n) is 5.04. The molecule has 2 unspecified atom stereocenters. The monoisotopic (exact) mass is 284 g/mol. The number of aliphatic hydroxyl groups excluding tert-OH is 1. The zero-order chi connectivity index (χ0) is 14.2. The van der Waals surface area contributed by atoms with E-state index in [4.69, 9.17) is 4.74 Å². The van der Waals surface area contributed by atoms with Crippen LogP contribution in [-0.4, -0.2) is 56.1 Å². The summed E-state index contributed by atoms with van der Waals surface area (Å²) in [6.07, 6.45) is 6.33. The number of hydrogen-bond donors (Lipinski definition) is 2. The summed E-state index contributed by atoms with van der Waals surface area (Å²) in [4.78, 5) is 2.42. The summed E-state index contributed by atoms with van der Waals surface area (Å²) in [7, 11) is 0. The van der Waals surface area contributed by atoms with Crippen LogP contribution >= 0.6 is 0 Å². The van der Waals surface area contributed by atoms with E-state index in [1.807, 2.05) is 0 Å².